The lowest BCUT2D eigenvalue weighted by Crippen LogP contribution is -2.69. The van der Waals surface area contributed by atoms with Crippen LogP contribution in [0.5, 0.6) is 0 Å². The Labute approximate surface area is 259 Å². The molecule has 0 N–H and O–H groups in total. The maximum Gasteiger partial charge on any atom is 0.333 e. The van der Waals surface area contributed by atoms with Crippen LogP contribution in [-0.4, -0.2) is 47.8 Å². The second kappa shape index (κ2) is 10.9. The average Bonchev–Trinajstić information content (AvgIpc) is 3.56. The SMILES string of the molecule is C/C=C(\C)C(=O)O[C@@H]1C[C@H]2C(C)(C)OC(=O)C[C@H](OC(C)=O)[C@]2(C)[C@H]2C[C@H](OC(C)=O)[C@]3(C)C(=CC[C@H]3c3ccoc3)[C@]12C. The Kier molecular flexibility index (Phi) is 7.95. The molecule has 1 aromatic rings. The van der Waals surface area contributed by atoms with Gasteiger partial charge in [0.25, 0.3) is 0 Å². The van der Waals surface area contributed by atoms with Gasteiger partial charge in [0, 0.05) is 47.5 Å². The minimum absolute atomic E-state index is 0.0442. The van der Waals surface area contributed by atoms with Crippen molar-refractivity contribution in [1.82, 2.24) is 0 Å². The molecule has 0 radical (unpaired) electrons. The van der Waals surface area contributed by atoms with Gasteiger partial charge in [-0.15, -0.1) is 0 Å². The van der Waals surface area contributed by atoms with Gasteiger partial charge in [0.1, 0.15) is 23.9 Å². The van der Waals surface area contributed by atoms with Gasteiger partial charge in [-0.3, -0.25) is 14.4 Å². The summed E-state index contributed by atoms with van der Waals surface area (Å²) >= 11 is 0. The van der Waals surface area contributed by atoms with Crippen LogP contribution in [0, 0.1) is 28.1 Å². The Morgan fingerprint density at radius 2 is 1.50 bits per heavy atom. The van der Waals surface area contributed by atoms with E-state index in [1.807, 2.05) is 19.9 Å². The molecule has 0 unspecified atom stereocenters. The maximum atomic E-state index is 13.5. The smallest absolute Gasteiger partial charge is 0.333 e. The highest BCUT2D eigenvalue weighted by Gasteiger charge is 2.73. The second-order valence-corrected chi connectivity index (χ2v) is 14.3. The predicted molar refractivity (Wildman–Crippen MR) is 160 cm³/mol. The summed E-state index contributed by atoms with van der Waals surface area (Å²) in [7, 11) is 0. The van der Waals surface area contributed by atoms with Crippen molar-refractivity contribution in [3.05, 3.63) is 47.5 Å². The third-order valence-corrected chi connectivity index (χ3v) is 11.7. The summed E-state index contributed by atoms with van der Waals surface area (Å²) in [5, 5.41) is 0. The lowest BCUT2D eigenvalue weighted by Gasteiger charge is -2.67. The van der Waals surface area contributed by atoms with E-state index in [2.05, 4.69) is 26.8 Å². The first-order chi connectivity index (χ1) is 20.5. The van der Waals surface area contributed by atoms with Crippen molar-refractivity contribution in [2.45, 2.75) is 118 Å². The fraction of sp³-hybridized carbons (Fsp3) is 0.657. The van der Waals surface area contributed by atoms with Gasteiger partial charge in [-0.25, -0.2) is 4.79 Å². The number of carbonyl (C=O) groups excluding carboxylic acids is 4. The van der Waals surface area contributed by atoms with Crippen LogP contribution in [0.25, 0.3) is 0 Å². The normalized spacial score (nSPS) is 39.4. The Morgan fingerprint density at radius 3 is 2.09 bits per heavy atom. The third kappa shape index (κ3) is 4.72. The predicted octanol–water partition coefficient (Wildman–Crippen LogP) is 6.22. The minimum atomic E-state index is -0.969. The van der Waals surface area contributed by atoms with Crippen LogP contribution < -0.4 is 0 Å². The molecule has 3 aliphatic carbocycles. The molecular formula is C35H46O9. The summed E-state index contributed by atoms with van der Waals surface area (Å²) in [6.07, 6.45) is 6.76. The minimum Gasteiger partial charge on any atom is -0.472 e. The molecule has 2 heterocycles. The van der Waals surface area contributed by atoms with E-state index in [4.69, 9.17) is 23.4 Å². The molecule has 1 aliphatic heterocycles. The number of ether oxygens (including phenoxy) is 4. The van der Waals surface area contributed by atoms with Crippen molar-refractivity contribution < 1.29 is 42.5 Å². The number of fused-ring (bicyclic) bond motifs is 5. The summed E-state index contributed by atoms with van der Waals surface area (Å²) in [4.78, 5) is 51.9. The Bertz CT molecular complexity index is 1400. The van der Waals surface area contributed by atoms with Gasteiger partial charge in [-0.1, -0.05) is 38.5 Å². The highest BCUT2D eigenvalue weighted by molar-refractivity contribution is 5.87. The monoisotopic (exact) mass is 610 g/mol. The topological polar surface area (TPSA) is 118 Å². The van der Waals surface area contributed by atoms with E-state index in [-0.39, 0.29) is 24.2 Å². The quantitative estimate of drug-likeness (QED) is 0.166. The molecule has 0 bridgehead atoms. The van der Waals surface area contributed by atoms with Gasteiger partial charge < -0.3 is 23.4 Å². The average molecular weight is 611 g/mol. The standard InChI is InChI=1S/C35H46O9/c1-10-19(2)31(39)43-28-15-25-32(5,6)44-30(38)17-29(42-21(4)37)35(25,9)26-16-27(41-20(3)36)33(7)23(22-13-14-40-18-22)11-12-24(33)34(26,28)8/h10,12-14,18,23,25-29H,11,15-17H2,1-9H3/b19-10+/t23-,25-,26-,27-,28+,29-,33-,34-,35-/m0/s1. The fourth-order valence-corrected chi connectivity index (χ4v) is 9.70. The largest absolute Gasteiger partial charge is 0.472 e. The highest BCUT2D eigenvalue weighted by atomic mass is 16.6. The molecule has 1 saturated heterocycles. The fourth-order valence-electron chi connectivity index (χ4n) is 9.70. The molecule has 5 rings (SSSR count). The molecule has 9 heteroatoms. The molecule has 4 aliphatic rings. The summed E-state index contributed by atoms with van der Waals surface area (Å²) in [5.41, 5.74) is -0.648. The number of allylic oxidation sites excluding steroid dienone is 2. The van der Waals surface area contributed by atoms with Gasteiger partial charge in [0.05, 0.1) is 18.9 Å². The van der Waals surface area contributed by atoms with E-state index in [0.29, 0.717) is 24.8 Å². The lowest BCUT2D eigenvalue weighted by molar-refractivity contribution is -0.237. The number of esters is 4. The van der Waals surface area contributed by atoms with Gasteiger partial charge in [0.15, 0.2) is 0 Å². The number of cyclic esters (lactones) is 1. The zero-order valence-corrected chi connectivity index (χ0v) is 27.4. The summed E-state index contributed by atoms with van der Waals surface area (Å²) in [5.74, 6) is -2.47. The van der Waals surface area contributed by atoms with Crippen LogP contribution in [0.1, 0.15) is 99.5 Å². The van der Waals surface area contributed by atoms with E-state index < -0.39 is 64.0 Å². The van der Waals surface area contributed by atoms with E-state index in [1.54, 1.807) is 32.4 Å². The van der Waals surface area contributed by atoms with Crippen LogP contribution in [0.3, 0.4) is 0 Å². The zero-order chi connectivity index (χ0) is 32.4. The number of carbonyl (C=O) groups is 4. The number of furan rings is 1. The van der Waals surface area contributed by atoms with Gasteiger partial charge in [0.2, 0.25) is 0 Å². The summed E-state index contributed by atoms with van der Waals surface area (Å²) in [6, 6.07) is 1.95. The molecule has 3 fully saturated rings. The van der Waals surface area contributed by atoms with Crippen LogP contribution in [0.15, 0.2) is 46.3 Å². The second-order valence-electron chi connectivity index (χ2n) is 14.3. The molecule has 44 heavy (non-hydrogen) atoms. The third-order valence-electron chi connectivity index (χ3n) is 11.7. The number of rotatable bonds is 5. The van der Waals surface area contributed by atoms with E-state index in [1.165, 1.54) is 13.8 Å². The van der Waals surface area contributed by atoms with Crippen LogP contribution in [-0.2, 0) is 38.1 Å². The maximum absolute atomic E-state index is 13.5. The Hall–Kier alpha value is -3.36. The van der Waals surface area contributed by atoms with Crippen LogP contribution in [0.4, 0.5) is 0 Å². The van der Waals surface area contributed by atoms with Gasteiger partial charge in [-0.2, -0.15) is 0 Å². The van der Waals surface area contributed by atoms with Crippen LogP contribution in [0.2, 0.25) is 0 Å². The molecule has 0 amide bonds. The van der Waals surface area contributed by atoms with E-state index in [9.17, 15) is 19.2 Å². The first-order valence-electron chi connectivity index (χ1n) is 15.6. The summed E-state index contributed by atoms with van der Waals surface area (Å²) < 4.78 is 30.2. The van der Waals surface area contributed by atoms with Crippen molar-refractivity contribution in [2.75, 3.05) is 0 Å². The molecule has 1 aromatic heterocycles. The van der Waals surface area contributed by atoms with Crippen molar-refractivity contribution in [3.8, 4) is 0 Å². The Morgan fingerprint density at radius 1 is 0.886 bits per heavy atom. The molecule has 2 saturated carbocycles. The first kappa shape index (κ1) is 32.0. The van der Waals surface area contributed by atoms with Crippen molar-refractivity contribution in [2.24, 2.45) is 28.1 Å². The van der Waals surface area contributed by atoms with Gasteiger partial charge >= 0.3 is 23.9 Å². The number of hydrogen-bond acceptors (Lipinski definition) is 9. The zero-order valence-electron chi connectivity index (χ0n) is 27.4. The summed E-state index contributed by atoms with van der Waals surface area (Å²) in [6.45, 7) is 16.4. The van der Waals surface area contributed by atoms with E-state index >= 15 is 0 Å². The van der Waals surface area contributed by atoms with Crippen LogP contribution >= 0.6 is 0 Å². The molecular weight excluding hydrogens is 564 g/mol. The lowest BCUT2D eigenvalue weighted by atomic mass is 9.39. The molecule has 240 valence electrons. The van der Waals surface area contributed by atoms with Crippen molar-refractivity contribution >= 4 is 23.9 Å². The number of hydrogen-bond donors (Lipinski definition) is 0. The molecule has 0 spiro atoms. The Balaban J connectivity index is 1.76. The molecule has 0 aromatic carbocycles. The van der Waals surface area contributed by atoms with Gasteiger partial charge in [-0.05, 0) is 64.5 Å². The van der Waals surface area contributed by atoms with Crippen molar-refractivity contribution in [1.29, 1.82) is 0 Å². The van der Waals surface area contributed by atoms with E-state index in [0.717, 1.165) is 11.1 Å². The molecule has 9 nitrogen and oxygen atoms in total. The highest BCUT2D eigenvalue weighted by Crippen LogP contribution is 2.73. The van der Waals surface area contributed by atoms with Crippen molar-refractivity contribution in [3.63, 3.8) is 0 Å². The first-order valence-corrected chi connectivity index (χ1v) is 15.6. The molecule has 9 atom stereocenters.